The van der Waals surface area contributed by atoms with Gasteiger partial charge in [-0.15, -0.1) is 0 Å². The first kappa shape index (κ1) is 12.8. The van der Waals surface area contributed by atoms with Crippen LogP contribution in [0.3, 0.4) is 0 Å². The van der Waals surface area contributed by atoms with E-state index >= 15 is 0 Å². The molecule has 0 saturated heterocycles. The average Bonchev–Trinajstić information content (AvgIpc) is 2.30. The van der Waals surface area contributed by atoms with Gasteiger partial charge in [0, 0.05) is 5.56 Å². The maximum absolute atomic E-state index is 12.7. The number of nitrogens with zero attached hydrogens (tertiary/aromatic N) is 1. The molecule has 0 bridgehead atoms. The lowest BCUT2D eigenvalue weighted by atomic mass is 10.0. The van der Waals surface area contributed by atoms with Crippen molar-refractivity contribution in [1.82, 2.24) is 4.90 Å². The molecule has 0 aliphatic rings. The summed E-state index contributed by atoms with van der Waals surface area (Å²) in [6.45, 7) is 7.61. The highest BCUT2D eigenvalue weighted by molar-refractivity contribution is 5.99. The molecule has 3 heteroatoms. The summed E-state index contributed by atoms with van der Waals surface area (Å²) in [5.41, 5.74) is 0.570. The zero-order valence-electron chi connectivity index (χ0n) is 10.0. The molecule has 0 radical (unpaired) electrons. The minimum Gasteiger partial charge on any atom is -0.294 e. The SMILES string of the molecule is CCN(CC)C(C)C(=O)c1ccc(F)cc1. The van der Waals surface area contributed by atoms with Gasteiger partial charge in [-0.2, -0.15) is 0 Å². The molecule has 0 heterocycles. The maximum atomic E-state index is 12.7. The van der Waals surface area contributed by atoms with Crippen molar-refractivity contribution in [2.24, 2.45) is 0 Å². The van der Waals surface area contributed by atoms with Gasteiger partial charge >= 0.3 is 0 Å². The number of ketones is 1. The second kappa shape index (κ2) is 5.75. The number of Topliss-reactive ketones (excluding diaryl/α,β-unsaturated/α-hetero) is 1. The number of halogens is 1. The van der Waals surface area contributed by atoms with Gasteiger partial charge < -0.3 is 0 Å². The molecule has 1 aromatic rings. The molecule has 0 aliphatic carbocycles. The van der Waals surface area contributed by atoms with Crippen LogP contribution in [0.1, 0.15) is 31.1 Å². The summed E-state index contributed by atoms with van der Waals surface area (Å²) in [7, 11) is 0. The van der Waals surface area contributed by atoms with Gasteiger partial charge in [0.15, 0.2) is 5.78 Å². The van der Waals surface area contributed by atoms with E-state index in [-0.39, 0.29) is 17.6 Å². The van der Waals surface area contributed by atoms with Crippen LogP contribution in [-0.4, -0.2) is 29.8 Å². The predicted octanol–water partition coefficient (Wildman–Crippen LogP) is 2.74. The van der Waals surface area contributed by atoms with E-state index in [2.05, 4.69) is 4.90 Å². The smallest absolute Gasteiger partial charge is 0.179 e. The van der Waals surface area contributed by atoms with Crippen LogP contribution < -0.4 is 0 Å². The second-order valence-electron chi connectivity index (χ2n) is 3.77. The molecule has 0 aliphatic heterocycles. The summed E-state index contributed by atoms with van der Waals surface area (Å²) in [4.78, 5) is 14.1. The molecular formula is C13H18FNO. The molecule has 88 valence electrons. The monoisotopic (exact) mass is 223 g/mol. The van der Waals surface area contributed by atoms with Crippen molar-refractivity contribution in [2.45, 2.75) is 26.8 Å². The maximum Gasteiger partial charge on any atom is 0.179 e. The Morgan fingerprint density at radius 2 is 1.75 bits per heavy atom. The summed E-state index contributed by atoms with van der Waals surface area (Å²) in [6.07, 6.45) is 0. The minimum atomic E-state index is -0.313. The second-order valence-corrected chi connectivity index (χ2v) is 3.77. The summed E-state index contributed by atoms with van der Waals surface area (Å²) in [5.74, 6) is -0.268. The topological polar surface area (TPSA) is 20.3 Å². The van der Waals surface area contributed by atoms with Crippen LogP contribution in [0, 0.1) is 5.82 Å². The summed E-state index contributed by atoms with van der Waals surface area (Å²) in [5, 5.41) is 0. The summed E-state index contributed by atoms with van der Waals surface area (Å²) >= 11 is 0. The number of benzene rings is 1. The van der Waals surface area contributed by atoms with E-state index in [0.717, 1.165) is 13.1 Å². The van der Waals surface area contributed by atoms with E-state index in [1.807, 2.05) is 20.8 Å². The van der Waals surface area contributed by atoms with Gasteiger partial charge in [-0.25, -0.2) is 4.39 Å². The van der Waals surface area contributed by atoms with Gasteiger partial charge in [0.2, 0.25) is 0 Å². The van der Waals surface area contributed by atoms with Crippen molar-refractivity contribution >= 4 is 5.78 Å². The first-order valence-corrected chi connectivity index (χ1v) is 5.64. The van der Waals surface area contributed by atoms with Gasteiger partial charge in [0.1, 0.15) is 5.82 Å². The molecule has 0 amide bonds. The van der Waals surface area contributed by atoms with Crippen molar-refractivity contribution in [2.75, 3.05) is 13.1 Å². The number of carbonyl (C=O) groups is 1. The average molecular weight is 223 g/mol. The fraction of sp³-hybridized carbons (Fsp3) is 0.462. The van der Waals surface area contributed by atoms with E-state index in [1.165, 1.54) is 24.3 Å². The highest BCUT2D eigenvalue weighted by Gasteiger charge is 2.19. The first-order valence-electron chi connectivity index (χ1n) is 5.64. The van der Waals surface area contributed by atoms with Gasteiger partial charge in [0.05, 0.1) is 6.04 Å². The molecule has 1 atom stereocenters. The molecule has 0 fully saturated rings. The fourth-order valence-corrected chi connectivity index (χ4v) is 1.79. The first-order chi connectivity index (χ1) is 7.60. The van der Waals surface area contributed by atoms with E-state index in [9.17, 15) is 9.18 Å². The van der Waals surface area contributed by atoms with Crippen molar-refractivity contribution in [3.05, 3.63) is 35.6 Å². The normalized spacial score (nSPS) is 12.8. The molecule has 0 aromatic heterocycles. The van der Waals surface area contributed by atoms with Gasteiger partial charge in [-0.05, 0) is 44.3 Å². The third-order valence-corrected chi connectivity index (χ3v) is 2.87. The molecule has 0 saturated carbocycles. The van der Waals surface area contributed by atoms with E-state index in [0.29, 0.717) is 5.56 Å². The number of rotatable bonds is 5. The van der Waals surface area contributed by atoms with Gasteiger partial charge in [-0.3, -0.25) is 9.69 Å². The molecule has 2 nitrogen and oxygen atoms in total. The van der Waals surface area contributed by atoms with Crippen molar-refractivity contribution in [1.29, 1.82) is 0 Å². The molecular weight excluding hydrogens is 205 g/mol. The van der Waals surface area contributed by atoms with E-state index < -0.39 is 0 Å². The third-order valence-electron chi connectivity index (χ3n) is 2.87. The predicted molar refractivity (Wildman–Crippen MR) is 63.1 cm³/mol. The largest absolute Gasteiger partial charge is 0.294 e. The number of hydrogen-bond donors (Lipinski definition) is 0. The summed E-state index contributed by atoms with van der Waals surface area (Å²) < 4.78 is 12.7. The van der Waals surface area contributed by atoms with Crippen molar-refractivity contribution in [3.63, 3.8) is 0 Å². The van der Waals surface area contributed by atoms with Crippen LogP contribution in [0.25, 0.3) is 0 Å². The Balaban J connectivity index is 2.81. The molecule has 1 unspecified atom stereocenters. The Hall–Kier alpha value is -1.22. The van der Waals surface area contributed by atoms with Crippen LogP contribution in [0.2, 0.25) is 0 Å². The van der Waals surface area contributed by atoms with Gasteiger partial charge in [0.25, 0.3) is 0 Å². The number of likely N-dealkylation sites (N-methyl/N-ethyl adjacent to an activating group) is 1. The van der Waals surface area contributed by atoms with E-state index in [4.69, 9.17) is 0 Å². The van der Waals surface area contributed by atoms with Crippen LogP contribution in [0.4, 0.5) is 4.39 Å². The Labute approximate surface area is 96.1 Å². The molecule has 0 N–H and O–H groups in total. The van der Waals surface area contributed by atoms with Crippen molar-refractivity contribution in [3.8, 4) is 0 Å². The number of hydrogen-bond acceptors (Lipinski definition) is 2. The standard InChI is InChI=1S/C13H18FNO/c1-4-15(5-2)10(3)13(16)11-6-8-12(14)9-7-11/h6-10H,4-5H2,1-3H3. The highest BCUT2D eigenvalue weighted by Crippen LogP contribution is 2.10. The lowest BCUT2D eigenvalue weighted by Gasteiger charge is -2.25. The molecule has 1 aromatic carbocycles. The quantitative estimate of drug-likeness (QED) is 0.715. The van der Waals surface area contributed by atoms with Crippen molar-refractivity contribution < 1.29 is 9.18 Å². The van der Waals surface area contributed by atoms with Gasteiger partial charge in [-0.1, -0.05) is 13.8 Å². The van der Waals surface area contributed by atoms with Crippen LogP contribution in [0.15, 0.2) is 24.3 Å². The molecule has 16 heavy (non-hydrogen) atoms. The third kappa shape index (κ3) is 2.89. The zero-order chi connectivity index (χ0) is 12.1. The summed E-state index contributed by atoms with van der Waals surface area (Å²) in [6, 6.07) is 5.57. The highest BCUT2D eigenvalue weighted by atomic mass is 19.1. The van der Waals surface area contributed by atoms with Crippen LogP contribution in [0.5, 0.6) is 0 Å². The lowest BCUT2D eigenvalue weighted by Crippen LogP contribution is -2.38. The fourth-order valence-electron chi connectivity index (χ4n) is 1.79. The molecule has 1 rings (SSSR count). The Morgan fingerprint density at radius 3 is 2.19 bits per heavy atom. The molecule has 0 spiro atoms. The van der Waals surface area contributed by atoms with E-state index in [1.54, 1.807) is 0 Å². The Bertz CT molecular complexity index is 343. The Kier molecular flexibility index (Phi) is 4.62. The van der Waals surface area contributed by atoms with Crippen LogP contribution >= 0.6 is 0 Å². The number of carbonyl (C=O) groups excluding carboxylic acids is 1. The Morgan fingerprint density at radius 1 is 1.25 bits per heavy atom. The lowest BCUT2D eigenvalue weighted by molar-refractivity contribution is 0.0851. The zero-order valence-corrected chi connectivity index (χ0v) is 10.0. The minimum absolute atomic E-state index is 0.0451. The van der Waals surface area contributed by atoms with Crippen LogP contribution in [-0.2, 0) is 0 Å².